The molecule has 7 nitrogen and oxygen atoms in total. The molecule has 0 spiro atoms. The van der Waals surface area contributed by atoms with E-state index in [2.05, 4.69) is 11.6 Å². The summed E-state index contributed by atoms with van der Waals surface area (Å²) in [4.78, 5) is 19.5. The third kappa shape index (κ3) is 4.60. The molecule has 1 fully saturated rings. The van der Waals surface area contributed by atoms with Crippen LogP contribution >= 0.6 is 11.8 Å². The normalized spacial score (nSPS) is 15.2. The Morgan fingerprint density at radius 2 is 1.78 bits per heavy atom. The fourth-order valence-electron chi connectivity index (χ4n) is 3.72. The average Bonchev–Trinajstić information content (AvgIpc) is 3.15. The van der Waals surface area contributed by atoms with Crippen LogP contribution in [0.3, 0.4) is 0 Å². The molecule has 2 aromatic carbocycles. The number of aromatic nitrogens is 2. The predicted molar refractivity (Wildman–Crippen MR) is 127 cm³/mol. The van der Waals surface area contributed by atoms with Gasteiger partial charge in [-0.25, -0.2) is 13.4 Å². The lowest BCUT2D eigenvalue weighted by Crippen LogP contribution is -2.50. The minimum Gasteiger partial charge on any atom is -0.339 e. The van der Waals surface area contributed by atoms with Gasteiger partial charge < -0.3 is 9.47 Å². The molecule has 0 aliphatic carbocycles. The second-order valence-electron chi connectivity index (χ2n) is 7.67. The van der Waals surface area contributed by atoms with E-state index in [9.17, 15) is 13.2 Å². The lowest BCUT2D eigenvalue weighted by molar-refractivity contribution is -0.129. The van der Waals surface area contributed by atoms with Crippen LogP contribution in [0.1, 0.15) is 5.56 Å². The highest BCUT2D eigenvalue weighted by molar-refractivity contribution is 7.99. The molecule has 0 atom stereocenters. The molecular formula is C23H26N4O3S2. The number of sulfonamides is 1. The fraction of sp³-hybridized carbons (Fsp3) is 0.304. The minimum absolute atomic E-state index is 0.0143. The summed E-state index contributed by atoms with van der Waals surface area (Å²) in [5.41, 5.74) is 2.91. The minimum atomic E-state index is -3.54. The number of aryl methyl sites for hydroxylation is 1. The first-order valence-electron chi connectivity index (χ1n) is 10.4. The number of thioether (sulfide) groups is 1. The molecule has 168 valence electrons. The highest BCUT2D eigenvalue weighted by Crippen LogP contribution is 2.25. The van der Waals surface area contributed by atoms with Gasteiger partial charge in [0.2, 0.25) is 15.9 Å². The number of carbonyl (C=O) groups is 1. The van der Waals surface area contributed by atoms with Crippen molar-refractivity contribution in [3.8, 4) is 0 Å². The third-order valence-corrected chi connectivity index (χ3v) is 8.38. The van der Waals surface area contributed by atoms with Gasteiger partial charge in [-0.05, 0) is 31.2 Å². The van der Waals surface area contributed by atoms with E-state index in [0.29, 0.717) is 37.6 Å². The Balaban J connectivity index is 1.37. The largest absolute Gasteiger partial charge is 0.339 e. The topological polar surface area (TPSA) is 75.5 Å². The van der Waals surface area contributed by atoms with Crippen molar-refractivity contribution in [3.63, 3.8) is 0 Å². The third-order valence-electron chi connectivity index (χ3n) is 5.51. The molecule has 0 saturated carbocycles. The number of para-hydroxylation sites is 2. The molecule has 1 aliphatic rings. The first kappa shape index (κ1) is 22.6. The summed E-state index contributed by atoms with van der Waals surface area (Å²) in [5, 5.41) is 0.778. The smallest absolute Gasteiger partial charge is 0.243 e. The Hall–Kier alpha value is -2.62. The van der Waals surface area contributed by atoms with Gasteiger partial charge in [0.1, 0.15) is 0 Å². The second kappa shape index (κ2) is 9.48. The van der Waals surface area contributed by atoms with Crippen LogP contribution in [0.15, 0.2) is 71.2 Å². The molecule has 32 heavy (non-hydrogen) atoms. The molecule has 4 rings (SSSR count). The Bertz CT molecular complexity index is 1230. The number of amides is 1. The molecule has 1 aliphatic heterocycles. The maximum atomic E-state index is 12.9. The molecule has 0 bridgehead atoms. The van der Waals surface area contributed by atoms with Crippen LogP contribution in [0.4, 0.5) is 0 Å². The Morgan fingerprint density at radius 1 is 1.09 bits per heavy atom. The van der Waals surface area contributed by atoms with Crippen LogP contribution in [-0.4, -0.2) is 65.0 Å². The molecule has 2 heterocycles. The van der Waals surface area contributed by atoms with Gasteiger partial charge in [0, 0.05) is 32.7 Å². The lowest BCUT2D eigenvalue weighted by atomic mass is 10.2. The zero-order valence-electron chi connectivity index (χ0n) is 18.0. The molecular weight excluding hydrogens is 444 g/mol. The SMILES string of the molecule is C=CCn1c(SCC(=O)N2CCN(S(=O)(=O)c3ccc(C)cc3)CC2)nc2ccccc21. The van der Waals surface area contributed by atoms with Gasteiger partial charge in [-0.15, -0.1) is 6.58 Å². The van der Waals surface area contributed by atoms with Crippen LogP contribution < -0.4 is 0 Å². The van der Waals surface area contributed by atoms with Crippen molar-refractivity contribution < 1.29 is 13.2 Å². The van der Waals surface area contributed by atoms with Crippen molar-refractivity contribution in [1.82, 2.24) is 18.8 Å². The van der Waals surface area contributed by atoms with Gasteiger partial charge >= 0.3 is 0 Å². The number of carbonyl (C=O) groups excluding carboxylic acids is 1. The van der Waals surface area contributed by atoms with Crippen molar-refractivity contribution in [2.45, 2.75) is 23.5 Å². The van der Waals surface area contributed by atoms with Gasteiger partial charge in [0.15, 0.2) is 5.16 Å². The van der Waals surface area contributed by atoms with E-state index in [-0.39, 0.29) is 11.7 Å². The summed E-state index contributed by atoms with van der Waals surface area (Å²) in [6.07, 6.45) is 1.81. The van der Waals surface area contributed by atoms with Gasteiger partial charge in [-0.3, -0.25) is 4.79 Å². The number of piperazine rings is 1. The number of imidazole rings is 1. The first-order chi connectivity index (χ1) is 15.4. The fourth-order valence-corrected chi connectivity index (χ4v) is 6.07. The molecule has 0 radical (unpaired) electrons. The highest BCUT2D eigenvalue weighted by Gasteiger charge is 2.30. The number of hydrogen-bond acceptors (Lipinski definition) is 5. The van der Waals surface area contributed by atoms with Gasteiger partial charge in [-0.1, -0.05) is 47.7 Å². The average molecular weight is 471 g/mol. The van der Waals surface area contributed by atoms with Crippen LogP contribution in [-0.2, 0) is 21.4 Å². The van der Waals surface area contributed by atoms with Gasteiger partial charge in [0.25, 0.3) is 0 Å². The zero-order valence-corrected chi connectivity index (χ0v) is 19.6. The standard InChI is InChI=1S/C23H26N4O3S2/c1-3-12-27-21-7-5-4-6-20(21)24-23(27)31-17-22(28)25-13-15-26(16-14-25)32(29,30)19-10-8-18(2)9-11-19/h3-11H,1,12-17H2,2H3. The molecule has 1 saturated heterocycles. The van der Waals surface area contributed by atoms with Crippen LogP contribution in [0, 0.1) is 6.92 Å². The number of fused-ring (bicyclic) bond motifs is 1. The van der Waals surface area contributed by atoms with E-state index < -0.39 is 10.0 Å². The molecule has 1 aromatic heterocycles. The zero-order chi connectivity index (χ0) is 22.7. The summed E-state index contributed by atoms with van der Waals surface area (Å²) < 4.78 is 29.2. The number of rotatable bonds is 7. The van der Waals surface area contributed by atoms with Crippen molar-refractivity contribution in [3.05, 3.63) is 66.7 Å². The quantitative estimate of drug-likeness (QED) is 0.392. The Kier molecular flexibility index (Phi) is 6.68. The molecule has 0 N–H and O–H groups in total. The molecule has 1 amide bonds. The van der Waals surface area contributed by atoms with E-state index in [1.165, 1.54) is 16.1 Å². The number of allylic oxidation sites excluding steroid dienone is 1. The van der Waals surface area contributed by atoms with Crippen molar-refractivity contribution in [1.29, 1.82) is 0 Å². The maximum Gasteiger partial charge on any atom is 0.243 e. The maximum absolute atomic E-state index is 12.9. The summed E-state index contributed by atoms with van der Waals surface area (Å²) in [6, 6.07) is 14.7. The second-order valence-corrected chi connectivity index (χ2v) is 10.5. The van der Waals surface area contributed by atoms with Crippen LogP contribution in [0.25, 0.3) is 11.0 Å². The number of nitrogens with zero attached hydrogens (tertiary/aromatic N) is 4. The lowest BCUT2D eigenvalue weighted by Gasteiger charge is -2.34. The Labute approximate surface area is 192 Å². The molecule has 9 heteroatoms. The predicted octanol–water partition coefficient (Wildman–Crippen LogP) is 3.16. The van der Waals surface area contributed by atoms with Gasteiger partial charge in [0.05, 0.1) is 21.7 Å². The number of benzene rings is 2. The van der Waals surface area contributed by atoms with E-state index in [0.717, 1.165) is 21.8 Å². The van der Waals surface area contributed by atoms with Crippen molar-refractivity contribution >= 4 is 38.7 Å². The molecule has 0 unspecified atom stereocenters. The summed E-state index contributed by atoms with van der Waals surface area (Å²) in [5.74, 6) is 0.241. The van der Waals surface area contributed by atoms with Gasteiger partial charge in [-0.2, -0.15) is 4.31 Å². The van der Waals surface area contributed by atoms with Crippen LogP contribution in [0.5, 0.6) is 0 Å². The van der Waals surface area contributed by atoms with E-state index in [4.69, 9.17) is 0 Å². The summed E-state index contributed by atoms with van der Waals surface area (Å²) in [7, 11) is -3.54. The first-order valence-corrected chi connectivity index (χ1v) is 12.9. The van der Waals surface area contributed by atoms with E-state index in [1.54, 1.807) is 29.2 Å². The summed E-state index contributed by atoms with van der Waals surface area (Å²) in [6.45, 7) is 7.71. The highest BCUT2D eigenvalue weighted by atomic mass is 32.2. The summed E-state index contributed by atoms with van der Waals surface area (Å²) >= 11 is 1.40. The molecule has 3 aromatic rings. The van der Waals surface area contributed by atoms with Crippen molar-refractivity contribution in [2.75, 3.05) is 31.9 Å². The van der Waals surface area contributed by atoms with E-state index >= 15 is 0 Å². The Morgan fingerprint density at radius 3 is 2.47 bits per heavy atom. The number of hydrogen-bond donors (Lipinski definition) is 0. The van der Waals surface area contributed by atoms with Crippen LogP contribution in [0.2, 0.25) is 0 Å². The van der Waals surface area contributed by atoms with E-state index in [1.807, 2.05) is 41.8 Å². The van der Waals surface area contributed by atoms with Crippen molar-refractivity contribution in [2.24, 2.45) is 0 Å². The monoisotopic (exact) mass is 470 g/mol.